The van der Waals surface area contributed by atoms with Crippen LogP contribution in [-0.4, -0.2) is 24.3 Å². The molecule has 0 bridgehead atoms. The Bertz CT molecular complexity index is 35.4. The molecule has 0 aromatic carbocycles. The summed E-state index contributed by atoms with van der Waals surface area (Å²) in [5.41, 5.74) is 0. The molecule has 44 valence electrons. The van der Waals surface area contributed by atoms with Crippen LogP contribution in [0.15, 0.2) is 0 Å². The summed E-state index contributed by atoms with van der Waals surface area (Å²) in [6, 6.07) is 0. The zero-order chi connectivity index (χ0) is 3.58. The van der Waals surface area contributed by atoms with E-state index in [-0.39, 0.29) is 41.9 Å². The van der Waals surface area contributed by atoms with Gasteiger partial charge in [-0.2, -0.15) is 0 Å². The molecule has 0 aliphatic carbocycles. The van der Waals surface area contributed by atoms with Gasteiger partial charge >= 0.3 is 29.6 Å². The molecule has 0 aromatic rings. The first-order chi connectivity index (χ1) is 1.73. The SMILES string of the molecule is O.O.O=S([O-])O.[H-].[Na+]. The Morgan fingerprint density at radius 3 is 1.57 bits per heavy atom. The third kappa shape index (κ3) is 178. The fourth-order valence-electron chi connectivity index (χ4n) is 0. The number of hydrogen-bond donors (Lipinski definition) is 1. The number of rotatable bonds is 0. The van der Waals surface area contributed by atoms with E-state index in [2.05, 4.69) is 0 Å². The van der Waals surface area contributed by atoms with Crippen LogP contribution in [0.3, 0.4) is 0 Å². The van der Waals surface area contributed by atoms with Gasteiger partial charge in [0.15, 0.2) is 0 Å². The van der Waals surface area contributed by atoms with Crippen LogP contribution >= 0.6 is 0 Å². The van der Waals surface area contributed by atoms with E-state index in [9.17, 15) is 0 Å². The summed E-state index contributed by atoms with van der Waals surface area (Å²) in [4.78, 5) is 0. The maximum absolute atomic E-state index is 8.56. The summed E-state index contributed by atoms with van der Waals surface area (Å²) in [7, 11) is 0. The molecule has 5 nitrogen and oxygen atoms in total. The average Bonchev–Trinajstić information content (AvgIpc) is 0.811. The molecular weight excluding hydrogens is 135 g/mol. The van der Waals surface area contributed by atoms with Crippen LogP contribution in [-0.2, 0) is 11.4 Å². The van der Waals surface area contributed by atoms with Gasteiger partial charge < -0.3 is 21.5 Å². The minimum Gasteiger partial charge on any atom is -1.00 e. The molecule has 0 spiro atoms. The second kappa shape index (κ2) is 15.8. The van der Waals surface area contributed by atoms with E-state index < -0.39 is 11.4 Å². The Balaban J connectivity index is -0.00000000750. The van der Waals surface area contributed by atoms with Crippen molar-refractivity contribution >= 4 is 11.4 Å². The quantitative estimate of drug-likeness (QED) is 0.268. The van der Waals surface area contributed by atoms with Gasteiger partial charge in [-0.05, 0) is 0 Å². The third-order valence-corrected chi connectivity index (χ3v) is 0. The van der Waals surface area contributed by atoms with Crippen molar-refractivity contribution in [3.8, 4) is 0 Å². The van der Waals surface area contributed by atoms with Crippen molar-refractivity contribution < 1.29 is 55.3 Å². The van der Waals surface area contributed by atoms with Crippen LogP contribution < -0.4 is 29.6 Å². The van der Waals surface area contributed by atoms with Crippen LogP contribution in [0, 0.1) is 0 Å². The molecule has 0 saturated heterocycles. The van der Waals surface area contributed by atoms with Gasteiger partial charge in [-0.25, -0.2) is 4.21 Å². The zero-order valence-electron chi connectivity index (χ0n) is 4.67. The van der Waals surface area contributed by atoms with Gasteiger partial charge in [0.2, 0.25) is 0 Å². The van der Waals surface area contributed by atoms with Gasteiger partial charge in [-0.1, -0.05) is 0 Å². The first-order valence-corrected chi connectivity index (χ1v) is 1.55. The van der Waals surface area contributed by atoms with Crippen molar-refractivity contribution in [1.82, 2.24) is 0 Å². The van der Waals surface area contributed by atoms with Gasteiger partial charge in [0.05, 0.1) is 11.4 Å². The second-order valence-electron chi connectivity index (χ2n) is 0.217. The van der Waals surface area contributed by atoms with Crippen LogP contribution in [0.1, 0.15) is 1.43 Å². The molecule has 0 aliphatic rings. The van der Waals surface area contributed by atoms with E-state index in [0.29, 0.717) is 0 Å². The zero-order valence-corrected chi connectivity index (χ0v) is 6.49. The van der Waals surface area contributed by atoms with Gasteiger partial charge in [0.1, 0.15) is 0 Å². The largest absolute Gasteiger partial charge is 1.00 e. The molecule has 5 N–H and O–H groups in total. The van der Waals surface area contributed by atoms with E-state index in [0.717, 1.165) is 0 Å². The summed E-state index contributed by atoms with van der Waals surface area (Å²) in [6.07, 6.45) is 0. The molecule has 0 aromatic heterocycles. The van der Waals surface area contributed by atoms with Gasteiger partial charge in [-0.3, -0.25) is 0 Å². The fraction of sp³-hybridized carbons (Fsp3) is 0. The van der Waals surface area contributed by atoms with E-state index in [1.54, 1.807) is 0 Å². The maximum atomic E-state index is 8.56. The molecule has 7 heteroatoms. The summed E-state index contributed by atoms with van der Waals surface area (Å²) >= 11 is -2.86. The van der Waals surface area contributed by atoms with Crippen molar-refractivity contribution in [2.45, 2.75) is 0 Å². The van der Waals surface area contributed by atoms with E-state index in [1.807, 2.05) is 0 Å². The Hall–Kier alpha value is 0.990. The fourth-order valence-corrected chi connectivity index (χ4v) is 0. The Morgan fingerprint density at radius 2 is 1.57 bits per heavy atom. The molecular formula is H6NaO5S-. The van der Waals surface area contributed by atoms with Gasteiger partial charge in [-0.15, -0.1) is 0 Å². The van der Waals surface area contributed by atoms with E-state index in [1.165, 1.54) is 0 Å². The van der Waals surface area contributed by atoms with E-state index >= 15 is 0 Å². The third-order valence-electron chi connectivity index (χ3n) is 0. The van der Waals surface area contributed by atoms with E-state index in [4.69, 9.17) is 13.3 Å². The molecule has 0 rings (SSSR count). The van der Waals surface area contributed by atoms with Gasteiger partial charge in [0.25, 0.3) is 0 Å². The topological polar surface area (TPSA) is 123 Å². The summed E-state index contributed by atoms with van der Waals surface area (Å²) in [5, 5.41) is 0. The predicted octanol–water partition coefficient (Wildman–Crippen LogP) is -5.19. The van der Waals surface area contributed by atoms with Crippen molar-refractivity contribution in [2.75, 3.05) is 0 Å². The van der Waals surface area contributed by atoms with Crippen LogP contribution in [0.2, 0.25) is 0 Å². The summed E-state index contributed by atoms with van der Waals surface area (Å²) < 4.78 is 24.1. The molecule has 1 atom stereocenters. The van der Waals surface area contributed by atoms with Crippen molar-refractivity contribution in [2.24, 2.45) is 0 Å². The first kappa shape index (κ1) is 24.5. The maximum Gasteiger partial charge on any atom is 1.00 e. The molecule has 1 unspecified atom stereocenters. The minimum atomic E-state index is -2.86. The standard InChI is InChI=1S/Na.H2O3S.2H2O.H/c;1-4(2)3;;;/h;(H2,1,2,3);2*1H2;/q+1;;;;-1/p-1. The second-order valence-corrected chi connectivity index (χ2v) is 0.651. The van der Waals surface area contributed by atoms with Crippen LogP contribution in [0.25, 0.3) is 0 Å². The molecule has 0 fully saturated rings. The monoisotopic (exact) mass is 141 g/mol. The Kier molecular flexibility index (Phi) is 55.2. The van der Waals surface area contributed by atoms with Crippen molar-refractivity contribution in [1.29, 1.82) is 0 Å². The molecule has 7 heavy (non-hydrogen) atoms. The molecule has 0 saturated carbocycles. The average molecular weight is 141 g/mol. The molecule has 0 heterocycles. The minimum absolute atomic E-state index is 0. The molecule has 0 amide bonds. The van der Waals surface area contributed by atoms with Crippen molar-refractivity contribution in [3.63, 3.8) is 0 Å². The van der Waals surface area contributed by atoms with Crippen molar-refractivity contribution in [3.05, 3.63) is 0 Å². The Morgan fingerprint density at radius 1 is 1.57 bits per heavy atom. The molecule has 0 radical (unpaired) electrons. The predicted molar refractivity (Wildman–Crippen MR) is 19.9 cm³/mol. The smallest absolute Gasteiger partial charge is 1.00 e. The van der Waals surface area contributed by atoms with Gasteiger partial charge in [0, 0.05) is 0 Å². The molecule has 0 aliphatic heterocycles. The summed E-state index contributed by atoms with van der Waals surface area (Å²) in [6.45, 7) is 0. The van der Waals surface area contributed by atoms with Crippen LogP contribution in [0.4, 0.5) is 0 Å². The summed E-state index contributed by atoms with van der Waals surface area (Å²) in [5.74, 6) is 0. The first-order valence-electron chi connectivity index (χ1n) is 0.516. The Labute approximate surface area is 66.6 Å². The number of hydrogen-bond acceptors (Lipinski definition) is 2. The normalized spacial score (nSPS) is 8.86. The van der Waals surface area contributed by atoms with Crippen LogP contribution in [0.5, 0.6) is 0 Å².